The fourth-order valence-electron chi connectivity index (χ4n) is 2.40. The summed E-state index contributed by atoms with van der Waals surface area (Å²) in [7, 11) is -2.05. The molecule has 0 saturated carbocycles. The van der Waals surface area contributed by atoms with Crippen LogP contribution in [0.1, 0.15) is 6.42 Å². The van der Waals surface area contributed by atoms with E-state index in [0.29, 0.717) is 18.5 Å². The monoisotopic (exact) mass is 343 g/mol. The molecule has 1 aromatic rings. The van der Waals surface area contributed by atoms with Crippen LogP contribution in [0.5, 0.6) is 11.5 Å². The van der Waals surface area contributed by atoms with Gasteiger partial charge >= 0.3 is 0 Å². The van der Waals surface area contributed by atoms with E-state index in [1.165, 1.54) is 6.21 Å². The second kappa shape index (κ2) is 5.71. The number of nitrogens with zero attached hydrogens (tertiary/aromatic N) is 2. The third-order valence-corrected chi connectivity index (χ3v) is 4.83. The molecular formula is C13H14ClN3O4S. The molecular weight excluding hydrogens is 330 g/mol. The van der Waals surface area contributed by atoms with Gasteiger partial charge in [-0.3, -0.25) is 9.98 Å². The van der Waals surface area contributed by atoms with Gasteiger partial charge in [-0.15, -0.1) is 12.4 Å². The van der Waals surface area contributed by atoms with Gasteiger partial charge in [0.2, 0.25) is 9.84 Å². The second-order valence-electron chi connectivity index (χ2n) is 4.69. The largest absolute Gasteiger partial charge is 0.506 e. The summed E-state index contributed by atoms with van der Waals surface area (Å²) >= 11 is 0. The zero-order valence-electron chi connectivity index (χ0n) is 11.6. The highest BCUT2D eigenvalue weighted by Crippen LogP contribution is 2.31. The molecule has 3 rings (SSSR count). The molecule has 118 valence electrons. The van der Waals surface area contributed by atoms with E-state index in [2.05, 4.69) is 15.3 Å². The molecule has 0 spiro atoms. The average molecular weight is 344 g/mol. The number of phenols is 2. The number of rotatable bonds is 3. The van der Waals surface area contributed by atoms with Crippen LogP contribution in [0.25, 0.3) is 5.57 Å². The summed E-state index contributed by atoms with van der Waals surface area (Å²) in [4.78, 5) is 7.55. The second-order valence-corrected chi connectivity index (χ2v) is 6.47. The maximum absolute atomic E-state index is 12.1. The molecule has 0 radical (unpaired) electrons. The molecule has 3 N–H and O–H groups in total. The molecule has 0 fully saturated rings. The van der Waals surface area contributed by atoms with Crippen molar-refractivity contribution in [1.82, 2.24) is 5.32 Å². The summed E-state index contributed by atoms with van der Waals surface area (Å²) in [6.45, 7) is 0.634. The van der Waals surface area contributed by atoms with Crippen LogP contribution in [0.4, 0.5) is 5.69 Å². The third-order valence-electron chi connectivity index (χ3n) is 3.40. The summed E-state index contributed by atoms with van der Waals surface area (Å²) < 4.78 is 24.2. The molecule has 0 atom stereocenters. The number of hydrogen-bond acceptors (Lipinski definition) is 7. The topological polar surface area (TPSA) is 111 Å². The Labute approximate surface area is 132 Å². The van der Waals surface area contributed by atoms with Crippen molar-refractivity contribution in [3.8, 4) is 11.5 Å². The average Bonchev–Trinajstić information content (AvgIpc) is 2.85. The smallest absolute Gasteiger partial charge is 0.207 e. The van der Waals surface area contributed by atoms with E-state index in [1.807, 2.05) is 0 Å². The van der Waals surface area contributed by atoms with Crippen LogP contribution in [0, 0.1) is 0 Å². The van der Waals surface area contributed by atoms with Crippen LogP contribution in [0.3, 0.4) is 0 Å². The maximum Gasteiger partial charge on any atom is 0.207 e. The highest BCUT2D eigenvalue weighted by atomic mass is 35.5. The third kappa shape index (κ3) is 2.29. The molecule has 0 amide bonds. The van der Waals surface area contributed by atoms with E-state index < -0.39 is 15.6 Å². The first-order valence-electron chi connectivity index (χ1n) is 6.26. The molecule has 7 nitrogen and oxygen atoms in total. The van der Waals surface area contributed by atoms with Gasteiger partial charge in [-0.1, -0.05) is 0 Å². The number of aliphatic imine (C=N–C) groups is 1. The molecule has 22 heavy (non-hydrogen) atoms. The first kappa shape index (κ1) is 16.5. The Morgan fingerprint density at radius 1 is 1.27 bits per heavy atom. The standard InChI is InChI=1S/C13H13N3O4S.ClH/c1-14-3-2-7-6-16-9-8(7)11(17)13-10(12(9)18)15-4-5-21(13,19)20;/h4-6,14,17-18H,2-3H2,1H3;1H. The minimum absolute atomic E-state index is 0. The molecule has 2 heterocycles. The van der Waals surface area contributed by atoms with Gasteiger partial charge in [0.1, 0.15) is 21.7 Å². The highest BCUT2D eigenvalue weighted by molar-refractivity contribution is 7.94. The molecule has 0 bridgehead atoms. The van der Waals surface area contributed by atoms with Gasteiger partial charge in [-0.05, 0) is 25.6 Å². The van der Waals surface area contributed by atoms with Gasteiger partial charge in [0, 0.05) is 12.4 Å². The lowest BCUT2D eigenvalue weighted by Gasteiger charge is -2.10. The van der Waals surface area contributed by atoms with Gasteiger partial charge in [0.15, 0.2) is 5.75 Å². The van der Waals surface area contributed by atoms with Crippen molar-refractivity contribution in [3.63, 3.8) is 0 Å². The zero-order valence-corrected chi connectivity index (χ0v) is 13.2. The van der Waals surface area contributed by atoms with E-state index in [4.69, 9.17) is 0 Å². The number of nitrogens with one attached hydrogen (secondary N) is 1. The van der Waals surface area contributed by atoms with Gasteiger partial charge < -0.3 is 15.5 Å². The van der Waals surface area contributed by atoms with Gasteiger partial charge in [0.05, 0.1) is 10.6 Å². The lowest BCUT2D eigenvalue weighted by Crippen LogP contribution is -2.23. The number of halogens is 1. The van der Waals surface area contributed by atoms with E-state index in [-0.39, 0.29) is 39.3 Å². The van der Waals surface area contributed by atoms with Gasteiger partial charge in [-0.25, -0.2) is 8.42 Å². The Hall–Kier alpha value is -1.90. The minimum Gasteiger partial charge on any atom is -0.506 e. The van der Waals surface area contributed by atoms with Gasteiger partial charge in [0.25, 0.3) is 0 Å². The van der Waals surface area contributed by atoms with Gasteiger partial charge in [-0.2, -0.15) is 0 Å². The van der Waals surface area contributed by atoms with Crippen molar-refractivity contribution in [2.45, 2.75) is 11.3 Å². The lowest BCUT2D eigenvalue weighted by atomic mass is 10.1. The van der Waals surface area contributed by atoms with E-state index in [9.17, 15) is 18.6 Å². The molecule has 0 aromatic heterocycles. The van der Waals surface area contributed by atoms with E-state index in [0.717, 1.165) is 11.6 Å². The first-order valence-corrected chi connectivity index (χ1v) is 7.81. The van der Waals surface area contributed by atoms with Crippen molar-refractivity contribution in [2.24, 2.45) is 9.98 Å². The molecule has 9 heteroatoms. The predicted molar refractivity (Wildman–Crippen MR) is 84.2 cm³/mol. The van der Waals surface area contributed by atoms with Crippen LogP contribution < -0.4 is 15.9 Å². The van der Waals surface area contributed by atoms with Crippen LogP contribution in [-0.2, 0) is 9.84 Å². The number of benzene rings is 1. The van der Waals surface area contributed by atoms with Crippen LogP contribution in [0.2, 0.25) is 0 Å². The maximum atomic E-state index is 12.1. The summed E-state index contributed by atoms with van der Waals surface area (Å²) in [6.07, 6.45) is 3.15. The number of sulfone groups is 1. The number of phenolic OH excluding ortho intramolecular Hbond substituents is 2. The Morgan fingerprint density at radius 3 is 2.68 bits per heavy atom. The lowest BCUT2D eigenvalue weighted by molar-refractivity contribution is 0.436. The fourth-order valence-corrected chi connectivity index (χ4v) is 3.55. The quantitative estimate of drug-likeness (QED) is 0.662. The van der Waals surface area contributed by atoms with Crippen molar-refractivity contribution < 1.29 is 18.6 Å². The molecule has 0 aliphatic carbocycles. The Bertz CT molecular complexity index is 920. The summed E-state index contributed by atoms with van der Waals surface area (Å²) in [5.74, 6) is -0.740. The number of fused-ring (bicyclic) bond motifs is 2. The zero-order chi connectivity index (χ0) is 15.2. The normalized spacial score (nSPS) is 16.7. The molecule has 2 aliphatic heterocycles. The predicted octanol–water partition coefficient (Wildman–Crippen LogP) is -0.126. The SMILES string of the molecule is CNCCC1=c2c(O)c3c(c(O)c2N=C1)=NC=CS3(=O)=O.Cl. The van der Waals surface area contributed by atoms with Crippen LogP contribution in [0.15, 0.2) is 26.5 Å². The fraction of sp³-hybridized carbons (Fsp3) is 0.231. The Morgan fingerprint density at radius 2 is 2.00 bits per heavy atom. The first-order chi connectivity index (χ1) is 9.97. The van der Waals surface area contributed by atoms with Crippen LogP contribution in [-0.4, -0.2) is 38.4 Å². The Balaban J connectivity index is 0.00000176. The molecule has 1 aromatic carbocycles. The van der Waals surface area contributed by atoms with Crippen molar-refractivity contribution in [3.05, 3.63) is 22.2 Å². The minimum atomic E-state index is -3.83. The van der Waals surface area contributed by atoms with E-state index in [1.54, 1.807) is 7.05 Å². The number of aromatic hydroxyl groups is 2. The highest BCUT2D eigenvalue weighted by Gasteiger charge is 2.29. The van der Waals surface area contributed by atoms with Crippen molar-refractivity contribution >= 4 is 39.7 Å². The van der Waals surface area contributed by atoms with Crippen LogP contribution >= 0.6 is 12.4 Å². The van der Waals surface area contributed by atoms with E-state index >= 15 is 0 Å². The summed E-state index contributed by atoms with van der Waals surface area (Å²) in [5.41, 5.74) is 0.825. The Kier molecular flexibility index (Phi) is 4.28. The summed E-state index contributed by atoms with van der Waals surface area (Å²) in [6, 6.07) is 0. The molecule has 0 unspecified atom stereocenters. The van der Waals surface area contributed by atoms with Crippen molar-refractivity contribution in [2.75, 3.05) is 13.6 Å². The molecule has 0 saturated heterocycles. The van der Waals surface area contributed by atoms with Crippen molar-refractivity contribution in [1.29, 1.82) is 0 Å². The number of hydrogen-bond donors (Lipinski definition) is 3. The summed E-state index contributed by atoms with van der Waals surface area (Å²) in [5, 5.41) is 24.5. The molecule has 2 aliphatic rings.